The standard InChI is InChI=1S/C18H28O/c1-14(2)16-9-11-18(19-4,12-10-16)13-17-8-6-5-7-15(17)3/h5-8,14,16H,9-13H2,1-4H3. The zero-order valence-electron chi connectivity index (χ0n) is 12.9. The van der Waals surface area contributed by atoms with Gasteiger partial charge >= 0.3 is 0 Å². The molecule has 0 spiro atoms. The molecule has 1 aromatic carbocycles. The Balaban J connectivity index is 2.07. The van der Waals surface area contributed by atoms with Crippen LogP contribution < -0.4 is 0 Å². The molecule has 2 rings (SSSR count). The highest BCUT2D eigenvalue weighted by molar-refractivity contribution is 5.27. The van der Waals surface area contributed by atoms with Gasteiger partial charge in [0.15, 0.2) is 0 Å². The normalized spacial score (nSPS) is 27.7. The summed E-state index contributed by atoms with van der Waals surface area (Å²) >= 11 is 0. The molecule has 0 bridgehead atoms. The van der Waals surface area contributed by atoms with Gasteiger partial charge in [0.1, 0.15) is 0 Å². The molecule has 0 saturated heterocycles. The van der Waals surface area contributed by atoms with Crippen LogP contribution in [0.5, 0.6) is 0 Å². The second-order valence-electron chi connectivity index (χ2n) is 6.57. The van der Waals surface area contributed by atoms with Crippen LogP contribution in [0, 0.1) is 18.8 Å². The van der Waals surface area contributed by atoms with Gasteiger partial charge in [-0.3, -0.25) is 0 Å². The molecule has 0 amide bonds. The number of aryl methyl sites for hydroxylation is 1. The molecular formula is C18H28O. The third kappa shape index (κ3) is 3.39. The molecule has 106 valence electrons. The smallest absolute Gasteiger partial charge is 0.0719 e. The van der Waals surface area contributed by atoms with Gasteiger partial charge < -0.3 is 4.74 Å². The van der Waals surface area contributed by atoms with Crippen molar-refractivity contribution in [1.29, 1.82) is 0 Å². The van der Waals surface area contributed by atoms with E-state index in [0.717, 1.165) is 18.3 Å². The first-order valence-corrected chi connectivity index (χ1v) is 7.66. The molecule has 1 heteroatoms. The van der Waals surface area contributed by atoms with Crippen LogP contribution in [-0.4, -0.2) is 12.7 Å². The molecule has 1 fully saturated rings. The van der Waals surface area contributed by atoms with Crippen molar-refractivity contribution in [1.82, 2.24) is 0 Å². The lowest BCUT2D eigenvalue weighted by Gasteiger charge is -2.40. The van der Waals surface area contributed by atoms with E-state index < -0.39 is 0 Å². The molecule has 1 aliphatic rings. The van der Waals surface area contributed by atoms with Gasteiger partial charge in [-0.2, -0.15) is 0 Å². The van der Waals surface area contributed by atoms with Crippen LogP contribution in [-0.2, 0) is 11.2 Å². The molecule has 0 aliphatic heterocycles. The third-order valence-corrected chi connectivity index (χ3v) is 5.09. The number of methoxy groups -OCH3 is 1. The quantitative estimate of drug-likeness (QED) is 0.757. The molecular weight excluding hydrogens is 232 g/mol. The zero-order valence-corrected chi connectivity index (χ0v) is 12.9. The molecule has 0 aromatic heterocycles. The summed E-state index contributed by atoms with van der Waals surface area (Å²) in [6.07, 6.45) is 6.12. The molecule has 1 aliphatic carbocycles. The van der Waals surface area contributed by atoms with Gasteiger partial charge in [-0.1, -0.05) is 38.1 Å². The Morgan fingerprint density at radius 3 is 2.37 bits per heavy atom. The summed E-state index contributed by atoms with van der Waals surface area (Å²) in [5.41, 5.74) is 2.93. The van der Waals surface area contributed by atoms with Gasteiger partial charge in [-0.05, 0) is 55.6 Å². The van der Waals surface area contributed by atoms with Crippen LogP contribution in [0.4, 0.5) is 0 Å². The first-order chi connectivity index (χ1) is 9.06. The molecule has 1 aromatic rings. The topological polar surface area (TPSA) is 9.23 Å². The SMILES string of the molecule is COC1(Cc2ccccc2C)CCC(C(C)C)CC1. The van der Waals surface area contributed by atoms with Crippen molar-refractivity contribution in [3.8, 4) is 0 Å². The van der Waals surface area contributed by atoms with Crippen molar-refractivity contribution in [2.75, 3.05) is 7.11 Å². The maximum Gasteiger partial charge on any atom is 0.0719 e. The minimum absolute atomic E-state index is 0.0809. The van der Waals surface area contributed by atoms with E-state index in [0.29, 0.717) is 0 Å². The van der Waals surface area contributed by atoms with E-state index in [2.05, 4.69) is 45.0 Å². The zero-order chi connectivity index (χ0) is 13.9. The lowest BCUT2D eigenvalue weighted by atomic mass is 9.72. The molecule has 1 saturated carbocycles. The highest BCUT2D eigenvalue weighted by Crippen LogP contribution is 2.39. The van der Waals surface area contributed by atoms with Gasteiger partial charge in [0, 0.05) is 13.5 Å². The predicted octanol–water partition coefficient (Wildman–Crippen LogP) is 4.77. The molecule has 1 nitrogen and oxygen atoms in total. The number of hydrogen-bond acceptors (Lipinski definition) is 1. The lowest BCUT2D eigenvalue weighted by molar-refractivity contribution is -0.0526. The second-order valence-corrected chi connectivity index (χ2v) is 6.57. The maximum atomic E-state index is 5.97. The minimum atomic E-state index is 0.0809. The fourth-order valence-corrected chi connectivity index (χ4v) is 3.44. The van der Waals surface area contributed by atoms with Crippen molar-refractivity contribution in [3.05, 3.63) is 35.4 Å². The highest BCUT2D eigenvalue weighted by Gasteiger charge is 2.36. The Labute approximate surface area is 118 Å². The summed E-state index contributed by atoms with van der Waals surface area (Å²) in [5.74, 6) is 1.70. The summed E-state index contributed by atoms with van der Waals surface area (Å²) in [5, 5.41) is 0. The van der Waals surface area contributed by atoms with Gasteiger partial charge in [0.25, 0.3) is 0 Å². The Morgan fingerprint density at radius 2 is 1.84 bits per heavy atom. The molecule has 0 atom stereocenters. The van der Waals surface area contributed by atoms with E-state index in [1.807, 2.05) is 7.11 Å². The predicted molar refractivity (Wildman–Crippen MR) is 81.4 cm³/mol. The van der Waals surface area contributed by atoms with Gasteiger partial charge in [-0.15, -0.1) is 0 Å². The van der Waals surface area contributed by atoms with E-state index in [9.17, 15) is 0 Å². The van der Waals surface area contributed by atoms with E-state index >= 15 is 0 Å². The maximum absolute atomic E-state index is 5.97. The Kier molecular flexibility index (Phi) is 4.67. The number of ether oxygens (including phenoxy) is 1. The van der Waals surface area contributed by atoms with E-state index in [4.69, 9.17) is 4.74 Å². The number of benzene rings is 1. The lowest BCUT2D eigenvalue weighted by Crippen LogP contribution is -2.39. The van der Waals surface area contributed by atoms with Crippen molar-refractivity contribution in [3.63, 3.8) is 0 Å². The monoisotopic (exact) mass is 260 g/mol. The average Bonchev–Trinajstić information content (AvgIpc) is 2.42. The summed E-state index contributed by atoms with van der Waals surface area (Å²) < 4.78 is 5.97. The summed E-state index contributed by atoms with van der Waals surface area (Å²) in [4.78, 5) is 0. The molecule has 0 N–H and O–H groups in total. The van der Waals surface area contributed by atoms with E-state index in [1.165, 1.54) is 36.8 Å². The number of hydrogen-bond donors (Lipinski definition) is 0. The van der Waals surface area contributed by atoms with Crippen molar-refractivity contribution >= 4 is 0 Å². The first kappa shape index (κ1) is 14.6. The van der Waals surface area contributed by atoms with Crippen molar-refractivity contribution < 1.29 is 4.74 Å². The molecule has 0 radical (unpaired) electrons. The summed E-state index contributed by atoms with van der Waals surface area (Å²) in [6, 6.07) is 8.72. The Bertz CT molecular complexity index is 400. The average molecular weight is 260 g/mol. The van der Waals surface area contributed by atoms with Crippen molar-refractivity contribution in [2.24, 2.45) is 11.8 Å². The van der Waals surface area contributed by atoms with Gasteiger partial charge in [0.05, 0.1) is 5.60 Å². The van der Waals surface area contributed by atoms with E-state index in [1.54, 1.807) is 0 Å². The van der Waals surface area contributed by atoms with Gasteiger partial charge in [0.2, 0.25) is 0 Å². The molecule has 19 heavy (non-hydrogen) atoms. The molecule has 0 heterocycles. The fraction of sp³-hybridized carbons (Fsp3) is 0.667. The van der Waals surface area contributed by atoms with E-state index in [-0.39, 0.29) is 5.60 Å². The fourth-order valence-electron chi connectivity index (χ4n) is 3.44. The van der Waals surface area contributed by atoms with Crippen LogP contribution in [0.15, 0.2) is 24.3 Å². The highest BCUT2D eigenvalue weighted by atomic mass is 16.5. The number of rotatable bonds is 4. The third-order valence-electron chi connectivity index (χ3n) is 5.09. The molecule has 0 unspecified atom stereocenters. The van der Waals surface area contributed by atoms with Crippen LogP contribution in [0.2, 0.25) is 0 Å². The van der Waals surface area contributed by atoms with Crippen LogP contribution in [0.25, 0.3) is 0 Å². The largest absolute Gasteiger partial charge is 0.378 e. The summed E-state index contributed by atoms with van der Waals surface area (Å²) in [7, 11) is 1.90. The van der Waals surface area contributed by atoms with Crippen molar-refractivity contribution in [2.45, 2.75) is 58.5 Å². The minimum Gasteiger partial charge on any atom is -0.378 e. The summed E-state index contributed by atoms with van der Waals surface area (Å²) in [6.45, 7) is 6.91. The second kappa shape index (κ2) is 6.09. The van der Waals surface area contributed by atoms with Crippen LogP contribution in [0.1, 0.15) is 50.7 Å². The first-order valence-electron chi connectivity index (χ1n) is 7.66. The Morgan fingerprint density at radius 1 is 1.21 bits per heavy atom. The Hall–Kier alpha value is -0.820. The van der Waals surface area contributed by atoms with Crippen LogP contribution in [0.3, 0.4) is 0 Å². The van der Waals surface area contributed by atoms with Crippen LogP contribution >= 0.6 is 0 Å². The van der Waals surface area contributed by atoms with Gasteiger partial charge in [-0.25, -0.2) is 0 Å².